The summed E-state index contributed by atoms with van der Waals surface area (Å²) in [5.74, 6) is 0. The maximum Gasteiger partial charge on any atom is 0.0316 e. The zero-order valence-electron chi connectivity index (χ0n) is 13.5. The molecular weight excluding hydrogens is 232 g/mol. The molecule has 19 heavy (non-hydrogen) atoms. The molecule has 0 bridgehead atoms. The van der Waals surface area contributed by atoms with E-state index in [0.29, 0.717) is 6.04 Å². The first-order valence-electron chi connectivity index (χ1n) is 7.31. The van der Waals surface area contributed by atoms with Crippen LogP contribution in [-0.4, -0.2) is 32.1 Å². The van der Waals surface area contributed by atoms with E-state index in [1.807, 2.05) is 7.05 Å². The molecular formula is C17H30N2. The first-order valence-corrected chi connectivity index (χ1v) is 7.31. The number of rotatable bonds is 6. The summed E-state index contributed by atoms with van der Waals surface area (Å²) >= 11 is 0. The van der Waals surface area contributed by atoms with Crippen molar-refractivity contribution in [3.8, 4) is 0 Å². The zero-order chi connectivity index (χ0) is 14.5. The van der Waals surface area contributed by atoms with E-state index in [-0.39, 0.29) is 5.41 Å². The summed E-state index contributed by atoms with van der Waals surface area (Å²) in [6, 6.07) is 9.58. The normalized spacial score (nSPS) is 13.8. The summed E-state index contributed by atoms with van der Waals surface area (Å²) in [5.41, 5.74) is 3.04. The van der Waals surface area contributed by atoms with Crippen LogP contribution < -0.4 is 5.32 Å². The van der Waals surface area contributed by atoms with E-state index in [1.165, 1.54) is 17.5 Å². The number of nitrogens with zero attached hydrogens (tertiary/aromatic N) is 1. The van der Waals surface area contributed by atoms with Crippen molar-refractivity contribution < 1.29 is 0 Å². The topological polar surface area (TPSA) is 15.3 Å². The Morgan fingerprint density at radius 2 is 1.74 bits per heavy atom. The van der Waals surface area contributed by atoms with Crippen LogP contribution >= 0.6 is 0 Å². The Morgan fingerprint density at radius 3 is 2.21 bits per heavy atom. The highest BCUT2D eigenvalue weighted by molar-refractivity contribution is 5.29. The van der Waals surface area contributed by atoms with Gasteiger partial charge in [0.05, 0.1) is 0 Å². The quantitative estimate of drug-likeness (QED) is 0.788. The number of hydrogen-bond acceptors (Lipinski definition) is 2. The Labute approximate surface area is 119 Å². The van der Waals surface area contributed by atoms with Gasteiger partial charge in [-0.1, -0.05) is 45.0 Å². The van der Waals surface area contributed by atoms with E-state index in [1.54, 1.807) is 0 Å². The van der Waals surface area contributed by atoms with Gasteiger partial charge in [-0.3, -0.25) is 4.90 Å². The molecule has 2 nitrogen and oxygen atoms in total. The maximum atomic E-state index is 3.20. The van der Waals surface area contributed by atoms with Gasteiger partial charge in [-0.25, -0.2) is 0 Å². The molecule has 1 aromatic rings. The van der Waals surface area contributed by atoms with Crippen LogP contribution in [-0.2, 0) is 5.41 Å². The first kappa shape index (κ1) is 16.2. The Hall–Kier alpha value is -0.860. The lowest BCUT2D eigenvalue weighted by Crippen LogP contribution is -2.26. The Balaban J connectivity index is 2.64. The highest BCUT2D eigenvalue weighted by Gasteiger charge is 2.15. The van der Waals surface area contributed by atoms with Crippen LogP contribution in [0.5, 0.6) is 0 Å². The Kier molecular flexibility index (Phi) is 6.02. The molecule has 0 radical (unpaired) electrons. The van der Waals surface area contributed by atoms with Gasteiger partial charge in [-0.2, -0.15) is 0 Å². The lowest BCUT2D eigenvalue weighted by molar-refractivity contribution is 0.258. The number of benzene rings is 1. The second kappa shape index (κ2) is 7.06. The molecule has 0 fully saturated rings. The van der Waals surface area contributed by atoms with Crippen LogP contribution in [0.1, 0.15) is 51.3 Å². The molecule has 0 aliphatic carbocycles. The van der Waals surface area contributed by atoms with E-state index in [9.17, 15) is 0 Å². The van der Waals surface area contributed by atoms with E-state index < -0.39 is 0 Å². The Morgan fingerprint density at radius 1 is 1.16 bits per heavy atom. The molecule has 0 amide bonds. The summed E-state index contributed by atoms with van der Waals surface area (Å²) in [5, 5.41) is 3.20. The van der Waals surface area contributed by atoms with Crippen LogP contribution in [0, 0.1) is 0 Å². The van der Waals surface area contributed by atoms with Gasteiger partial charge in [-0.05, 0) is 57.1 Å². The third kappa shape index (κ3) is 4.96. The molecule has 0 spiro atoms. The van der Waals surface area contributed by atoms with Gasteiger partial charge in [-0.15, -0.1) is 0 Å². The van der Waals surface area contributed by atoms with E-state index in [0.717, 1.165) is 13.1 Å². The fourth-order valence-electron chi connectivity index (χ4n) is 2.22. The lowest BCUT2D eigenvalue weighted by atomic mass is 9.86. The van der Waals surface area contributed by atoms with Gasteiger partial charge >= 0.3 is 0 Å². The lowest BCUT2D eigenvalue weighted by Gasteiger charge is -2.26. The minimum absolute atomic E-state index is 0.237. The SMILES string of the molecule is CNCCCN(C)C(C)c1ccc(C(C)(C)C)cc1. The minimum atomic E-state index is 0.237. The van der Waals surface area contributed by atoms with Crippen molar-refractivity contribution in [1.29, 1.82) is 0 Å². The van der Waals surface area contributed by atoms with Crippen LogP contribution in [0.15, 0.2) is 24.3 Å². The molecule has 0 heterocycles. The molecule has 0 saturated carbocycles. The molecule has 1 unspecified atom stereocenters. The number of hydrogen-bond donors (Lipinski definition) is 1. The van der Waals surface area contributed by atoms with Crippen molar-refractivity contribution in [2.45, 2.75) is 45.6 Å². The minimum Gasteiger partial charge on any atom is -0.320 e. The summed E-state index contributed by atoms with van der Waals surface area (Å²) in [4.78, 5) is 2.42. The zero-order valence-corrected chi connectivity index (χ0v) is 13.5. The van der Waals surface area contributed by atoms with E-state index in [2.05, 4.69) is 69.2 Å². The van der Waals surface area contributed by atoms with Crippen LogP contribution in [0.4, 0.5) is 0 Å². The summed E-state index contributed by atoms with van der Waals surface area (Å²) < 4.78 is 0. The summed E-state index contributed by atoms with van der Waals surface area (Å²) in [7, 11) is 4.21. The molecule has 0 aromatic heterocycles. The third-order valence-electron chi connectivity index (χ3n) is 3.86. The molecule has 1 atom stereocenters. The van der Waals surface area contributed by atoms with Crippen molar-refractivity contribution in [3.63, 3.8) is 0 Å². The van der Waals surface area contributed by atoms with E-state index >= 15 is 0 Å². The van der Waals surface area contributed by atoms with Gasteiger partial charge < -0.3 is 5.32 Å². The van der Waals surface area contributed by atoms with E-state index in [4.69, 9.17) is 0 Å². The smallest absolute Gasteiger partial charge is 0.0316 e. The molecule has 1 aromatic carbocycles. The summed E-state index contributed by atoms with van der Waals surface area (Å²) in [6.07, 6.45) is 1.19. The van der Waals surface area contributed by atoms with Crippen LogP contribution in [0.2, 0.25) is 0 Å². The van der Waals surface area contributed by atoms with Crippen molar-refractivity contribution in [2.75, 3.05) is 27.2 Å². The average molecular weight is 262 g/mol. The predicted molar refractivity (Wildman–Crippen MR) is 84.7 cm³/mol. The molecule has 1 rings (SSSR count). The van der Waals surface area contributed by atoms with Crippen molar-refractivity contribution in [3.05, 3.63) is 35.4 Å². The fourth-order valence-corrected chi connectivity index (χ4v) is 2.22. The third-order valence-corrected chi connectivity index (χ3v) is 3.86. The molecule has 108 valence electrons. The van der Waals surface area contributed by atoms with Gasteiger partial charge in [0.2, 0.25) is 0 Å². The standard InChI is InChI=1S/C17H30N2/c1-14(19(6)13-7-12-18-5)15-8-10-16(11-9-15)17(2,3)4/h8-11,14,18H,7,12-13H2,1-6H3. The maximum absolute atomic E-state index is 3.20. The van der Waals surface area contributed by atoms with Gasteiger partial charge in [0.1, 0.15) is 0 Å². The van der Waals surface area contributed by atoms with Crippen LogP contribution in [0.25, 0.3) is 0 Å². The second-order valence-electron chi connectivity index (χ2n) is 6.49. The molecule has 2 heteroatoms. The van der Waals surface area contributed by atoms with Crippen molar-refractivity contribution in [1.82, 2.24) is 10.2 Å². The largest absolute Gasteiger partial charge is 0.320 e. The van der Waals surface area contributed by atoms with Gasteiger partial charge in [0.15, 0.2) is 0 Å². The highest BCUT2D eigenvalue weighted by Crippen LogP contribution is 2.25. The average Bonchev–Trinajstić information content (AvgIpc) is 2.37. The first-order chi connectivity index (χ1) is 8.86. The monoisotopic (exact) mass is 262 g/mol. The van der Waals surface area contributed by atoms with Gasteiger partial charge in [0.25, 0.3) is 0 Å². The molecule has 1 N–H and O–H groups in total. The summed E-state index contributed by atoms with van der Waals surface area (Å²) in [6.45, 7) is 11.3. The predicted octanol–water partition coefficient (Wildman–Crippen LogP) is 3.59. The molecule has 0 aliphatic rings. The van der Waals surface area contributed by atoms with Crippen molar-refractivity contribution >= 4 is 0 Å². The van der Waals surface area contributed by atoms with Gasteiger partial charge in [0, 0.05) is 6.04 Å². The second-order valence-corrected chi connectivity index (χ2v) is 6.49. The molecule has 0 aliphatic heterocycles. The number of nitrogens with one attached hydrogen (secondary N) is 1. The van der Waals surface area contributed by atoms with Crippen molar-refractivity contribution in [2.24, 2.45) is 0 Å². The highest BCUT2D eigenvalue weighted by atomic mass is 15.1. The Bertz CT molecular complexity index is 362. The van der Waals surface area contributed by atoms with Crippen LogP contribution in [0.3, 0.4) is 0 Å². The molecule has 0 saturated heterocycles. The fraction of sp³-hybridized carbons (Fsp3) is 0.647.